The van der Waals surface area contributed by atoms with Gasteiger partial charge in [-0.15, -0.1) is 0 Å². The first-order valence-corrected chi connectivity index (χ1v) is 4.50. The van der Waals surface area contributed by atoms with Crippen molar-refractivity contribution in [3.05, 3.63) is 0 Å². The second-order valence-electron chi connectivity index (χ2n) is 2.63. The molecule has 0 aromatic carbocycles. The predicted molar refractivity (Wildman–Crippen MR) is 44.0 cm³/mol. The van der Waals surface area contributed by atoms with E-state index in [-0.39, 0.29) is 16.1 Å². The minimum atomic E-state index is -0.0453. The highest BCUT2D eigenvalue weighted by Gasteiger charge is 2.31. The van der Waals surface area contributed by atoms with Crippen molar-refractivity contribution >= 4 is 22.0 Å². The number of hydrogen-bond acceptors (Lipinski definition) is 4. The van der Waals surface area contributed by atoms with Gasteiger partial charge in [0.05, 0.1) is 0 Å². The molecule has 0 aliphatic carbocycles. The molecule has 1 aliphatic heterocycles. The Morgan fingerprint density at radius 3 is 2.73 bits per heavy atom. The molecule has 1 rings (SSSR count). The Balaban J connectivity index is 2.34. The SMILES string of the molecule is NCCCC1CC(=O)SC1=O. The van der Waals surface area contributed by atoms with E-state index >= 15 is 0 Å². The van der Waals surface area contributed by atoms with Gasteiger partial charge in [0.2, 0.25) is 0 Å². The monoisotopic (exact) mass is 173 g/mol. The van der Waals surface area contributed by atoms with E-state index in [1.807, 2.05) is 0 Å². The van der Waals surface area contributed by atoms with Gasteiger partial charge in [-0.3, -0.25) is 9.59 Å². The Morgan fingerprint density at radius 2 is 2.27 bits per heavy atom. The third kappa shape index (κ3) is 2.31. The molecule has 1 saturated heterocycles. The van der Waals surface area contributed by atoms with Crippen molar-refractivity contribution < 1.29 is 9.59 Å². The predicted octanol–water partition coefficient (Wildman–Crippen LogP) is 0.532. The van der Waals surface area contributed by atoms with Crippen molar-refractivity contribution in [2.75, 3.05) is 6.54 Å². The van der Waals surface area contributed by atoms with Crippen LogP contribution in [0.4, 0.5) is 0 Å². The van der Waals surface area contributed by atoms with Gasteiger partial charge in [-0.2, -0.15) is 0 Å². The number of thioether (sulfide) groups is 1. The molecular formula is C7H11NO2S. The molecule has 0 amide bonds. The Bertz CT molecular complexity index is 181. The van der Waals surface area contributed by atoms with Gasteiger partial charge in [0.25, 0.3) is 0 Å². The van der Waals surface area contributed by atoms with E-state index in [0.29, 0.717) is 13.0 Å². The Morgan fingerprint density at radius 1 is 1.55 bits per heavy atom. The standard InChI is InChI=1S/C7H11NO2S/c8-3-1-2-5-4-6(9)11-7(5)10/h5H,1-4,8H2. The molecule has 0 aromatic heterocycles. The summed E-state index contributed by atoms with van der Waals surface area (Å²) in [7, 11) is 0. The average Bonchev–Trinajstić information content (AvgIpc) is 2.26. The fourth-order valence-electron chi connectivity index (χ4n) is 1.11. The maximum atomic E-state index is 11.0. The summed E-state index contributed by atoms with van der Waals surface area (Å²) >= 11 is 0.860. The van der Waals surface area contributed by atoms with Crippen LogP contribution in [0.5, 0.6) is 0 Å². The minimum Gasteiger partial charge on any atom is -0.330 e. The van der Waals surface area contributed by atoms with E-state index in [9.17, 15) is 9.59 Å². The molecule has 0 saturated carbocycles. The summed E-state index contributed by atoms with van der Waals surface area (Å²) in [4.78, 5) is 21.7. The highest BCUT2D eigenvalue weighted by molar-refractivity contribution is 8.26. The van der Waals surface area contributed by atoms with Gasteiger partial charge in [-0.1, -0.05) is 0 Å². The summed E-state index contributed by atoms with van der Waals surface area (Å²) in [5.41, 5.74) is 5.28. The van der Waals surface area contributed by atoms with Crippen LogP contribution < -0.4 is 5.73 Å². The first-order chi connectivity index (χ1) is 5.24. The van der Waals surface area contributed by atoms with Crippen LogP contribution in [0.25, 0.3) is 0 Å². The molecule has 0 radical (unpaired) electrons. The number of hydrogen-bond donors (Lipinski definition) is 1. The van der Waals surface area contributed by atoms with E-state index in [1.165, 1.54) is 0 Å². The molecule has 0 bridgehead atoms. The van der Waals surface area contributed by atoms with E-state index in [2.05, 4.69) is 0 Å². The van der Waals surface area contributed by atoms with Crippen molar-refractivity contribution in [1.82, 2.24) is 0 Å². The Kier molecular flexibility index (Phi) is 3.08. The zero-order valence-corrected chi connectivity index (χ0v) is 7.02. The summed E-state index contributed by atoms with van der Waals surface area (Å²) in [6.45, 7) is 0.600. The maximum Gasteiger partial charge on any atom is 0.199 e. The van der Waals surface area contributed by atoms with E-state index < -0.39 is 0 Å². The molecule has 11 heavy (non-hydrogen) atoms. The fraction of sp³-hybridized carbons (Fsp3) is 0.714. The van der Waals surface area contributed by atoms with Crippen LogP contribution in [0, 0.1) is 5.92 Å². The van der Waals surface area contributed by atoms with Crippen LogP contribution >= 0.6 is 11.8 Å². The molecule has 2 N–H and O–H groups in total. The summed E-state index contributed by atoms with van der Waals surface area (Å²) in [5.74, 6) is -0.0453. The van der Waals surface area contributed by atoms with Gasteiger partial charge < -0.3 is 5.73 Å². The zero-order valence-electron chi connectivity index (χ0n) is 6.21. The molecule has 1 unspecified atom stereocenters. The lowest BCUT2D eigenvalue weighted by atomic mass is 10.0. The van der Waals surface area contributed by atoms with Gasteiger partial charge in [0.15, 0.2) is 10.2 Å². The first-order valence-electron chi connectivity index (χ1n) is 3.68. The largest absolute Gasteiger partial charge is 0.330 e. The number of rotatable bonds is 3. The van der Waals surface area contributed by atoms with E-state index in [4.69, 9.17) is 5.73 Å². The lowest BCUT2D eigenvalue weighted by Gasteiger charge is -2.02. The van der Waals surface area contributed by atoms with Crippen molar-refractivity contribution in [2.24, 2.45) is 11.7 Å². The molecule has 1 fully saturated rings. The maximum absolute atomic E-state index is 11.0. The van der Waals surface area contributed by atoms with Crippen molar-refractivity contribution in [3.63, 3.8) is 0 Å². The first kappa shape index (κ1) is 8.74. The summed E-state index contributed by atoms with van der Waals surface area (Å²) in [6.07, 6.45) is 2.03. The highest BCUT2D eigenvalue weighted by Crippen LogP contribution is 2.30. The smallest absolute Gasteiger partial charge is 0.199 e. The van der Waals surface area contributed by atoms with E-state index in [1.54, 1.807) is 0 Å². The second kappa shape index (κ2) is 3.88. The molecule has 4 heteroatoms. The number of carbonyl (C=O) groups excluding carboxylic acids is 2. The molecular weight excluding hydrogens is 162 g/mol. The van der Waals surface area contributed by atoms with Crippen molar-refractivity contribution in [1.29, 1.82) is 0 Å². The molecule has 0 aromatic rings. The lowest BCUT2D eigenvalue weighted by molar-refractivity contribution is -0.115. The number of carbonyl (C=O) groups is 2. The second-order valence-corrected chi connectivity index (χ2v) is 3.69. The molecule has 62 valence electrons. The Labute approximate surface area is 69.7 Å². The van der Waals surface area contributed by atoms with Crippen LogP contribution in [-0.4, -0.2) is 16.8 Å². The van der Waals surface area contributed by atoms with Crippen molar-refractivity contribution in [2.45, 2.75) is 19.3 Å². The third-order valence-corrected chi connectivity index (χ3v) is 2.65. The van der Waals surface area contributed by atoms with Crippen LogP contribution in [0.1, 0.15) is 19.3 Å². The van der Waals surface area contributed by atoms with Gasteiger partial charge in [0, 0.05) is 12.3 Å². The molecule has 3 nitrogen and oxygen atoms in total. The summed E-state index contributed by atoms with van der Waals surface area (Å²) in [5, 5.41) is 0.0421. The molecule has 0 spiro atoms. The van der Waals surface area contributed by atoms with Crippen LogP contribution in [0.3, 0.4) is 0 Å². The minimum absolute atomic E-state index is 0.0111. The zero-order chi connectivity index (χ0) is 8.27. The number of nitrogens with two attached hydrogens (primary N) is 1. The highest BCUT2D eigenvalue weighted by atomic mass is 32.2. The Hall–Kier alpha value is -0.350. The average molecular weight is 173 g/mol. The van der Waals surface area contributed by atoms with Gasteiger partial charge in [-0.05, 0) is 31.1 Å². The van der Waals surface area contributed by atoms with Gasteiger partial charge in [0.1, 0.15) is 0 Å². The van der Waals surface area contributed by atoms with Crippen molar-refractivity contribution in [3.8, 4) is 0 Å². The van der Waals surface area contributed by atoms with Crippen LogP contribution in [-0.2, 0) is 9.59 Å². The van der Waals surface area contributed by atoms with Gasteiger partial charge in [-0.25, -0.2) is 0 Å². The summed E-state index contributed by atoms with van der Waals surface area (Å²) in [6, 6.07) is 0. The van der Waals surface area contributed by atoms with E-state index in [0.717, 1.165) is 24.6 Å². The lowest BCUT2D eigenvalue weighted by Crippen LogP contribution is -2.08. The van der Waals surface area contributed by atoms with Crippen LogP contribution in [0.15, 0.2) is 0 Å². The molecule has 1 atom stereocenters. The topological polar surface area (TPSA) is 60.2 Å². The molecule has 1 aliphatic rings. The summed E-state index contributed by atoms with van der Waals surface area (Å²) < 4.78 is 0. The third-order valence-electron chi connectivity index (χ3n) is 1.72. The van der Waals surface area contributed by atoms with Crippen LogP contribution in [0.2, 0.25) is 0 Å². The normalized spacial score (nSPS) is 24.6. The quantitative estimate of drug-likeness (QED) is 0.676. The fourth-order valence-corrected chi connectivity index (χ4v) is 1.98. The molecule has 1 heterocycles. The van der Waals surface area contributed by atoms with Gasteiger partial charge >= 0.3 is 0 Å².